The Morgan fingerprint density at radius 2 is 1.97 bits per heavy atom. The van der Waals surface area contributed by atoms with Gasteiger partial charge < -0.3 is 14.9 Å². The highest BCUT2D eigenvalue weighted by atomic mass is 32.1. The minimum absolute atomic E-state index is 0.0127. The Hall–Kier alpha value is -3.11. The zero-order valence-corrected chi connectivity index (χ0v) is 20.1. The minimum Gasteiger partial charge on any atom is -0.489 e. The van der Waals surface area contributed by atoms with E-state index in [0.29, 0.717) is 6.61 Å². The molecule has 2 N–H and O–H groups in total. The Morgan fingerprint density at radius 3 is 2.71 bits per heavy atom. The summed E-state index contributed by atoms with van der Waals surface area (Å²) in [5.74, 6) is 5.36. The highest BCUT2D eigenvalue weighted by molar-refractivity contribution is 7.12. The number of rotatable bonds is 9. The van der Waals surface area contributed by atoms with Crippen LogP contribution in [0, 0.1) is 11.8 Å². The highest BCUT2D eigenvalue weighted by Crippen LogP contribution is 2.29. The van der Waals surface area contributed by atoms with Gasteiger partial charge in [-0.1, -0.05) is 42.3 Å². The van der Waals surface area contributed by atoms with Gasteiger partial charge in [-0.15, -0.1) is 17.3 Å². The van der Waals surface area contributed by atoms with Crippen molar-refractivity contribution in [3.63, 3.8) is 0 Å². The fraction of sp³-hybridized carbons (Fsp3) is 0.321. The van der Waals surface area contributed by atoms with Crippen LogP contribution in [0.15, 0.2) is 54.6 Å². The van der Waals surface area contributed by atoms with Crippen LogP contribution >= 0.6 is 11.3 Å². The molecule has 4 rings (SSSR count). The lowest BCUT2D eigenvalue weighted by Crippen LogP contribution is -2.29. The van der Waals surface area contributed by atoms with Gasteiger partial charge in [0.2, 0.25) is 0 Å². The maximum Gasteiger partial charge on any atom is 0.304 e. The van der Waals surface area contributed by atoms with Crippen molar-refractivity contribution in [1.82, 2.24) is 4.90 Å². The van der Waals surface area contributed by atoms with Crippen LogP contribution in [0.25, 0.3) is 0 Å². The quantitative estimate of drug-likeness (QED) is 0.428. The molecule has 0 radical (unpaired) electrons. The maximum absolute atomic E-state index is 11.1. The molecule has 1 aliphatic rings. The molecule has 0 fully saturated rings. The summed E-state index contributed by atoms with van der Waals surface area (Å²) >= 11 is 1.73. The lowest BCUT2D eigenvalue weighted by molar-refractivity contribution is -0.137. The van der Waals surface area contributed by atoms with E-state index in [4.69, 9.17) is 9.84 Å². The number of carboxylic acid groups (broad SMARTS) is 1. The van der Waals surface area contributed by atoms with Crippen LogP contribution in [0.3, 0.4) is 0 Å². The summed E-state index contributed by atoms with van der Waals surface area (Å²) in [6.07, 6.45) is 1.02. The van der Waals surface area contributed by atoms with Crippen LogP contribution in [-0.4, -0.2) is 27.6 Å². The third-order valence-electron chi connectivity index (χ3n) is 5.94. The first kappa shape index (κ1) is 24.0. The van der Waals surface area contributed by atoms with Crippen LogP contribution in [0.2, 0.25) is 0 Å². The average molecular weight is 476 g/mol. The van der Waals surface area contributed by atoms with E-state index < -0.39 is 5.97 Å². The molecule has 0 spiro atoms. The molecule has 0 bridgehead atoms. The Kier molecular flexibility index (Phi) is 8.02. The number of aliphatic carboxylic acids is 1. The molecule has 0 aliphatic carbocycles. The van der Waals surface area contributed by atoms with Gasteiger partial charge in [-0.25, -0.2) is 0 Å². The van der Waals surface area contributed by atoms with E-state index in [9.17, 15) is 9.90 Å². The molecule has 1 aromatic heterocycles. The van der Waals surface area contributed by atoms with Gasteiger partial charge in [-0.2, -0.15) is 0 Å². The molecule has 5 nitrogen and oxygen atoms in total. The fourth-order valence-corrected chi connectivity index (χ4v) is 5.34. The first-order chi connectivity index (χ1) is 16.5. The van der Waals surface area contributed by atoms with Gasteiger partial charge in [0.25, 0.3) is 0 Å². The number of fused-ring (bicyclic) bond motifs is 1. The number of benzene rings is 2. The van der Waals surface area contributed by atoms with Crippen molar-refractivity contribution in [3.8, 4) is 17.6 Å². The summed E-state index contributed by atoms with van der Waals surface area (Å²) < 4.78 is 5.99. The first-order valence-electron chi connectivity index (χ1n) is 11.4. The van der Waals surface area contributed by atoms with Gasteiger partial charge in [0.15, 0.2) is 0 Å². The predicted molar refractivity (Wildman–Crippen MR) is 134 cm³/mol. The number of hydrogen-bond donors (Lipinski definition) is 2. The Morgan fingerprint density at radius 1 is 1.18 bits per heavy atom. The molecular weight excluding hydrogens is 446 g/mol. The molecule has 0 saturated heterocycles. The van der Waals surface area contributed by atoms with E-state index in [-0.39, 0.29) is 18.9 Å². The standard InChI is InChI=1S/C28H29NO4S/c1-2-4-23(15-28(31)32)22-7-9-25(10-8-22)33-19-21-6-3-5-20(13-21)16-29-12-11-27-24(17-29)14-26(18-30)34-27/h3,5-10,13-14,23,30H,11-12,15-19H2,1H3,(H,31,32)/t23-/m0/s1. The molecule has 1 atom stereocenters. The molecule has 0 saturated carbocycles. The zero-order valence-electron chi connectivity index (χ0n) is 19.3. The third kappa shape index (κ3) is 6.27. The van der Waals surface area contributed by atoms with Crippen LogP contribution in [-0.2, 0) is 37.5 Å². The molecule has 3 aromatic rings. The number of hydrogen-bond acceptors (Lipinski definition) is 5. The van der Waals surface area contributed by atoms with Crippen LogP contribution < -0.4 is 4.74 Å². The lowest BCUT2D eigenvalue weighted by Gasteiger charge is -2.27. The fourth-order valence-electron chi connectivity index (χ4n) is 4.31. The number of aliphatic hydroxyl groups excluding tert-OH is 1. The van der Waals surface area contributed by atoms with E-state index in [0.717, 1.165) is 47.8 Å². The van der Waals surface area contributed by atoms with Gasteiger partial charge in [0, 0.05) is 29.4 Å². The van der Waals surface area contributed by atoms with Gasteiger partial charge >= 0.3 is 5.97 Å². The van der Waals surface area contributed by atoms with Gasteiger partial charge in [0.05, 0.1) is 18.9 Å². The Labute approximate surface area is 204 Å². The third-order valence-corrected chi connectivity index (χ3v) is 7.16. The molecule has 6 heteroatoms. The van der Waals surface area contributed by atoms with Gasteiger partial charge in [-0.3, -0.25) is 9.69 Å². The van der Waals surface area contributed by atoms with Crippen LogP contribution in [0.1, 0.15) is 51.3 Å². The van der Waals surface area contributed by atoms with Crippen molar-refractivity contribution in [1.29, 1.82) is 0 Å². The summed E-state index contributed by atoms with van der Waals surface area (Å²) in [6.45, 7) is 5.14. The van der Waals surface area contributed by atoms with E-state index in [1.165, 1.54) is 16.0 Å². The largest absolute Gasteiger partial charge is 0.489 e. The van der Waals surface area contributed by atoms with E-state index in [1.807, 2.05) is 24.3 Å². The molecule has 34 heavy (non-hydrogen) atoms. The summed E-state index contributed by atoms with van der Waals surface area (Å²) in [4.78, 5) is 16.0. The molecule has 0 unspecified atom stereocenters. The van der Waals surface area contributed by atoms with E-state index in [2.05, 4.69) is 47.1 Å². The first-order valence-corrected chi connectivity index (χ1v) is 12.2. The number of thiophene rings is 1. The number of carboxylic acids is 1. The molecule has 2 heterocycles. The second kappa shape index (κ2) is 11.3. The van der Waals surface area contributed by atoms with Gasteiger partial charge in [-0.05, 0) is 53.8 Å². The smallest absolute Gasteiger partial charge is 0.304 e. The van der Waals surface area contributed by atoms with E-state index >= 15 is 0 Å². The summed E-state index contributed by atoms with van der Waals surface area (Å²) in [5, 5.41) is 18.5. The molecule has 176 valence electrons. The summed E-state index contributed by atoms with van der Waals surface area (Å²) in [7, 11) is 0. The topological polar surface area (TPSA) is 70.0 Å². The van der Waals surface area contributed by atoms with Crippen LogP contribution in [0.4, 0.5) is 0 Å². The van der Waals surface area contributed by atoms with Crippen molar-refractivity contribution in [2.24, 2.45) is 0 Å². The van der Waals surface area contributed by atoms with Crippen molar-refractivity contribution in [2.45, 2.75) is 52.0 Å². The van der Waals surface area contributed by atoms with Crippen LogP contribution in [0.5, 0.6) is 5.75 Å². The number of carbonyl (C=O) groups is 1. The minimum atomic E-state index is -0.858. The van der Waals surface area contributed by atoms with Crippen molar-refractivity contribution >= 4 is 17.3 Å². The second-order valence-corrected chi connectivity index (χ2v) is 9.72. The van der Waals surface area contributed by atoms with Crippen molar-refractivity contribution in [3.05, 3.63) is 86.6 Å². The summed E-state index contributed by atoms with van der Waals surface area (Å²) in [5.41, 5.74) is 4.59. The zero-order chi connectivity index (χ0) is 23.9. The molecular formula is C28H29NO4S. The molecule has 1 aliphatic heterocycles. The van der Waals surface area contributed by atoms with Crippen molar-refractivity contribution in [2.75, 3.05) is 6.54 Å². The monoisotopic (exact) mass is 475 g/mol. The summed E-state index contributed by atoms with van der Waals surface area (Å²) in [6, 6.07) is 18.1. The number of ether oxygens (including phenoxy) is 1. The lowest BCUT2D eigenvalue weighted by atomic mass is 9.96. The maximum atomic E-state index is 11.1. The SMILES string of the molecule is CC#C[C@@H](CC(=O)O)c1ccc(OCc2cccc(CN3CCc4sc(CO)cc4C3)c2)cc1. The Balaban J connectivity index is 1.34. The van der Waals surface area contributed by atoms with Crippen molar-refractivity contribution < 1.29 is 19.7 Å². The average Bonchev–Trinajstić information content (AvgIpc) is 3.25. The number of nitrogens with zero attached hydrogens (tertiary/aromatic N) is 1. The molecule has 2 aromatic carbocycles. The van der Waals surface area contributed by atoms with E-state index in [1.54, 1.807) is 18.3 Å². The highest BCUT2D eigenvalue weighted by Gasteiger charge is 2.19. The number of aliphatic hydroxyl groups is 1. The Bertz CT molecular complexity index is 1190. The van der Waals surface area contributed by atoms with Gasteiger partial charge in [0.1, 0.15) is 12.4 Å². The normalized spacial score (nSPS) is 14.1. The predicted octanol–water partition coefficient (Wildman–Crippen LogP) is 4.96. The second-order valence-electron chi connectivity index (χ2n) is 8.50. The molecule has 0 amide bonds.